The molecule has 0 unspecified atom stereocenters. The zero-order chi connectivity index (χ0) is 18.7. The first-order valence-corrected chi connectivity index (χ1v) is 8.07. The van der Waals surface area contributed by atoms with Gasteiger partial charge in [0.15, 0.2) is 0 Å². The number of para-hydroxylation sites is 1. The van der Waals surface area contributed by atoms with Crippen LogP contribution in [0.4, 0.5) is 33.7 Å². The van der Waals surface area contributed by atoms with Crippen LogP contribution in [0.15, 0.2) is 48.5 Å². The molecule has 2 amide bonds. The molecule has 0 saturated carbocycles. The molecule has 1 saturated heterocycles. The van der Waals surface area contributed by atoms with Gasteiger partial charge in [0.1, 0.15) is 5.82 Å². The molecule has 0 atom stereocenters. The summed E-state index contributed by atoms with van der Waals surface area (Å²) in [5.74, 6) is -0.341. The maximum atomic E-state index is 13.3. The number of halogens is 4. The molecule has 2 aromatic carbocycles. The van der Waals surface area contributed by atoms with Crippen molar-refractivity contribution in [3.8, 4) is 0 Å². The smallest absolute Gasteiger partial charge is 0.368 e. The summed E-state index contributed by atoms with van der Waals surface area (Å²) in [4.78, 5) is 15.7. The molecule has 1 heterocycles. The number of benzene rings is 2. The van der Waals surface area contributed by atoms with Crippen LogP contribution in [-0.2, 0) is 6.18 Å². The molecule has 0 radical (unpaired) electrons. The van der Waals surface area contributed by atoms with Crippen molar-refractivity contribution in [1.29, 1.82) is 0 Å². The number of carbonyl (C=O) groups excluding carboxylic acids is 1. The third kappa shape index (κ3) is 4.07. The predicted octanol–water partition coefficient (Wildman–Crippen LogP) is 4.20. The summed E-state index contributed by atoms with van der Waals surface area (Å²) in [6.45, 7) is 1.60. The number of urea groups is 1. The van der Waals surface area contributed by atoms with Crippen molar-refractivity contribution in [2.75, 3.05) is 36.4 Å². The molecule has 1 aliphatic heterocycles. The Morgan fingerprint density at radius 2 is 1.65 bits per heavy atom. The molecule has 0 aromatic heterocycles. The maximum absolute atomic E-state index is 13.3. The SMILES string of the molecule is O=C(Nc1ccccc1C(F)(F)F)N1CCN(c2cccc(F)c2)CC1. The summed E-state index contributed by atoms with van der Waals surface area (Å²) in [6.07, 6.45) is -4.54. The highest BCUT2D eigenvalue weighted by Gasteiger charge is 2.34. The van der Waals surface area contributed by atoms with Gasteiger partial charge in [0, 0.05) is 31.9 Å². The van der Waals surface area contributed by atoms with Crippen LogP contribution in [0.25, 0.3) is 0 Å². The first-order chi connectivity index (χ1) is 12.3. The van der Waals surface area contributed by atoms with Gasteiger partial charge in [0.05, 0.1) is 11.3 Å². The van der Waals surface area contributed by atoms with Crippen molar-refractivity contribution >= 4 is 17.4 Å². The molecule has 4 nitrogen and oxygen atoms in total. The molecule has 3 rings (SSSR count). The van der Waals surface area contributed by atoms with Gasteiger partial charge in [-0.1, -0.05) is 18.2 Å². The quantitative estimate of drug-likeness (QED) is 0.808. The summed E-state index contributed by atoms with van der Waals surface area (Å²) in [5.41, 5.74) is -0.434. The Morgan fingerprint density at radius 1 is 0.962 bits per heavy atom. The lowest BCUT2D eigenvalue weighted by molar-refractivity contribution is -0.136. The van der Waals surface area contributed by atoms with Gasteiger partial charge in [-0.15, -0.1) is 0 Å². The number of carbonyl (C=O) groups is 1. The van der Waals surface area contributed by atoms with E-state index in [1.54, 1.807) is 12.1 Å². The molecule has 26 heavy (non-hydrogen) atoms. The van der Waals surface area contributed by atoms with Gasteiger partial charge in [-0.2, -0.15) is 13.2 Å². The van der Waals surface area contributed by atoms with E-state index in [1.165, 1.54) is 35.2 Å². The average Bonchev–Trinajstić information content (AvgIpc) is 2.61. The average molecular weight is 367 g/mol. The van der Waals surface area contributed by atoms with Crippen LogP contribution in [0.1, 0.15) is 5.56 Å². The van der Waals surface area contributed by atoms with Crippen LogP contribution >= 0.6 is 0 Å². The van der Waals surface area contributed by atoms with Gasteiger partial charge in [-0.05, 0) is 30.3 Å². The van der Waals surface area contributed by atoms with Crippen molar-refractivity contribution in [2.45, 2.75) is 6.18 Å². The van der Waals surface area contributed by atoms with Crippen LogP contribution in [0.3, 0.4) is 0 Å². The van der Waals surface area contributed by atoms with Gasteiger partial charge >= 0.3 is 12.2 Å². The molecule has 1 N–H and O–H groups in total. The van der Waals surface area contributed by atoms with E-state index in [4.69, 9.17) is 0 Å². The molecule has 138 valence electrons. The number of alkyl halides is 3. The van der Waals surface area contributed by atoms with Crippen molar-refractivity contribution < 1.29 is 22.4 Å². The van der Waals surface area contributed by atoms with Crippen LogP contribution in [0, 0.1) is 5.82 Å². The molecule has 1 aliphatic rings. The Morgan fingerprint density at radius 3 is 2.31 bits per heavy atom. The molecular weight excluding hydrogens is 350 g/mol. The minimum atomic E-state index is -4.54. The van der Waals surface area contributed by atoms with E-state index in [1.807, 2.05) is 4.90 Å². The maximum Gasteiger partial charge on any atom is 0.418 e. The van der Waals surface area contributed by atoms with E-state index >= 15 is 0 Å². The van der Waals surface area contributed by atoms with Crippen molar-refractivity contribution in [3.05, 3.63) is 59.9 Å². The number of piperazine rings is 1. The monoisotopic (exact) mass is 367 g/mol. The zero-order valence-electron chi connectivity index (χ0n) is 13.8. The fourth-order valence-corrected chi connectivity index (χ4v) is 2.87. The number of amides is 2. The minimum Gasteiger partial charge on any atom is -0.368 e. The standard InChI is InChI=1S/C18H17F4N3O/c19-13-4-3-5-14(12-13)24-8-10-25(11-9-24)17(26)23-16-7-2-1-6-15(16)18(20,21)22/h1-7,12H,8-11H2,(H,23,26). The summed E-state index contributed by atoms with van der Waals surface area (Å²) < 4.78 is 52.3. The first-order valence-electron chi connectivity index (χ1n) is 8.07. The minimum absolute atomic E-state index is 0.266. The van der Waals surface area contributed by atoms with Crippen LogP contribution < -0.4 is 10.2 Å². The summed E-state index contributed by atoms with van der Waals surface area (Å²) >= 11 is 0. The van der Waals surface area contributed by atoms with E-state index in [0.29, 0.717) is 31.9 Å². The van der Waals surface area contributed by atoms with Gasteiger partial charge in [0.2, 0.25) is 0 Å². The Bertz CT molecular complexity index is 786. The van der Waals surface area contributed by atoms with E-state index in [9.17, 15) is 22.4 Å². The Kier molecular flexibility index (Phi) is 5.01. The molecule has 1 fully saturated rings. The summed E-state index contributed by atoms with van der Waals surface area (Å²) in [7, 11) is 0. The number of rotatable bonds is 2. The van der Waals surface area contributed by atoms with Gasteiger partial charge in [-0.3, -0.25) is 0 Å². The Balaban J connectivity index is 1.63. The van der Waals surface area contributed by atoms with Gasteiger partial charge < -0.3 is 15.1 Å². The Labute approximate surface area is 148 Å². The summed E-state index contributed by atoms with van der Waals surface area (Å²) in [6, 6.07) is 10.4. The number of hydrogen-bond acceptors (Lipinski definition) is 2. The molecule has 0 bridgehead atoms. The zero-order valence-corrected chi connectivity index (χ0v) is 13.8. The number of anilines is 2. The highest BCUT2D eigenvalue weighted by atomic mass is 19.4. The number of hydrogen-bond donors (Lipinski definition) is 1. The number of nitrogens with zero attached hydrogens (tertiary/aromatic N) is 2. The second kappa shape index (κ2) is 7.23. The van der Waals surface area contributed by atoms with Crippen molar-refractivity contribution in [3.63, 3.8) is 0 Å². The van der Waals surface area contributed by atoms with Crippen LogP contribution in [0.5, 0.6) is 0 Å². The van der Waals surface area contributed by atoms with Crippen molar-refractivity contribution in [1.82, 2.24) is 4.90 Å². The predicted molar refractivity (Wildman–Crippen MR) is 90.6 cm³/mol. The van der Waals surface area contributed by atoms with E-state index < -0.39 is 17.8 Å². The fourth-order valence-electron chi connectivity index (χ4n) is 2.87. The van der Waals surface area contributed by atoms with E-state index in [0.717, 1.165) is 6.07 Å². The number of nitrogens with one attached hydrogen (secondary N) is 1. The third-order valence-electron chi connectivity index (χ3n) is 4.21. The summed E-state index contributed by atoms with van der Waals surface area (Å²) in [5, 5.41) is 2.34. The third-order valence-corrected chi connectivity index (χ3v) is 4.21. The van der Waals surface area contributed by atoms with Crippen LogP contribution in [0.2, 0.25) is 0 Å². The Hall–Kier alpha value is -2.77. The first kappa shape index (κ1) is 18.0. The normalized spacial score (nSPS) is 15.1. The molecule has 0 aliphatic carbocycles. The molecule has 2 aromatic rings. The largest absolute Gasteiger partial charge is 0.418 e. The topological polar surface area (TPSA) is 35.6 Å². The lowest BCUT2D eigenvalue weighted by Gasteiger charge is -2.36. The molecule has 8 heteroatoms. The molecule has 0 spiro atoms. The second-order valence-corrected chi connectivity index (χ2v) is 5.93. The van der Waals surface area contributed by atoms with E-state index in [2.05, 4.69) is 5.32 Å². The van der Waals surface area contributed by atoms with Crippen molar-refractivity contribution in [2.24, 2.45) is 0 Å². The van der Waals surface area contributed by atoms with Crippen LogP contribution in [-0.4, -0.2) is 37.1 Å². The second-order valence-electron chi connectivity index (χ2n) is 5.93. The van der Waals surface area contributed by atoms with E-state index in [-0.39, 0.29) is 11.5 Å². The molecular formula is C18H17F4N3O. The fraction of sp³-hybridized carbons (Fsp3) is 0.278. The van der Waals surface area contributed by atoms with Gasteiger partial charge in [0.25, 0.3) is 0 Å². The lowest BCUT2D eigenvalue weighted by Crippen LogP contribution is -2.50. The highest BCUT2D eigenvalue weighted by Crippen LogP contribution is 2.34. The van der Waals surface area contributed by atoms with Gasteiger partial charge in [-0.25, -0.2) is 9.18 Å². The highest BCUT2D eigenvalue weighted by molar-refractivity contribution is 5.90. The lowest BCUT2D eigenvalue weighted by atomic mass is 10.1.